The Kier molecular flexibility index (Phi) is 5.02. The summed E-state index contributed by atoms with van der Waals surface area (Å²) in [5, 5.41) is -6.78. The summed E-state index contributed by atoms with van der Waals surface area (Å²) in [6.07, 6.45) is -7.10. The van der Waals surface area contributed by atoms with Crippen molar-refractivity contribution in [3.05, 3.63) is 0 Å². The molecule has 0 saturated carbocycles. The quantitative estimate of drug-likeness (QED) is 0.595. The highest BCUT2D eigenvalue weighted by molar-refractivity contribution is 7.90. The van der Waals surface area contributed by atoms with Crippen molar-refractivity contribution >= 4 is 10.0 Å². The van der Waals surface area contributed by atoms with Gasteiger partial charge in [-0.3, -0.25) is 4.84 Å². The van der Waals surface area contributed by atoms with E-state index < -0.39 is 39.9 Å². The second-order valence-corrected chi connectivity index (χ2v) is 4.87. The van der Waals surface area contributed by atoms with E-state index in [0.717, 1.165) is 6.92 Å². The molecule has 0 amide bonds. The minimum atomic E-state index is -7.29. The number of sulfonamides is 1. The van der Waals surface area contributed by atoms with Gasteiger partial charge >= 0.3 is 33.3 Å². The number of hydrogen-bond donors (Lipinski definition) is 1. The second-order valence-electron chi connectivity index (χ2n) is 3.18. The van der Waals surface area contributed by atoms with Crippen molar-refractivity contribution in [3.8, 4) is 0 Å². The first-order valence-electron chi connectivity index (χ1n) is 4.39. The molecule has 0 aromatic rings. The van der Waals surface area contributed by atoms with Crippen LogP contribution in [0.4, 0.5) is 39.5 Å². The molecule has 0 aromatic carbocycles. The van der Waals surface area contributed by atoms with Gasteiger partial charge in [-0.05, 0) is 6.92 Å². The molecular weight excluding hydrogens is 337 g/mol. The molecule has 0 aromatic heterocycles. The van der Waals surface area contributed by atoms with Crippen LogP contribution in [0.5, 0.6) is 0 Å². The molecule has 0 aliphatic heterocycles. The van der Waals surface area contributed by atoms with Crippen LogP contribution in [0.25, 0.3) is 0 Å². The Balaban J connectivity index is 5.82. The van der Waals surface area contributed by atoms with Crippen molar-refractivity contribution in [3.63, 3.8) is 0 Å². The van der Waals surface area contributed by atoms with Crippen LogP contribution >= 0.6 is 0 Å². The van der Waals surface area contributed by atoms with Crippen LogP contribution in [0.1, 0.15) is 6.92 Å². The summed E-state index contributed by atoms with van der Waals surface area (Å²) in [5.41, 5.74) is 0. The van der Waals surface area contributed by atoms with E-state index in [0.29, 0.717) is 4.89 Å². The van der Waals surface area contributed by atoms with Gasteiger partial charge in [0.1, 0.15) is 0 Å². The van der Waals surface area contributed by atoms with Crippen molar-refractivity contribution in [2.45, 2.75) is 30.2 Å². The van der Waals surface area contributed by atoms with Crippen LogP contribution in [0.15, 0.2) is 0 Å². The van der Waals surface area contributed by atoms with E-state index in [9.17, 15) is 47.9 Å². The SMILES string of the molecule is CCONS(=O)(=O)C(F)(F)C(F)(F)C(F)(F)C(F)(F)F. The fourth-order valence-electron chi connectivity index (χ4n) is 0.718. The number of alkyl halides is 9. The molecule has 1 N–H and O–H groups in total. The van der Waals surface area contributed by atoms with Gasteiger partial charge in [-0.15, -0.1) is 0 Å². The molecule has 0 aliphatic rings. The van der Waals surface area contributed by atoms with Gasteiger partial charge in [-0.1, -0.05) is 4.89 Å². The van der Waals surface area contributed by atoms with Crippen LogP contribution in [0, 0.1) is 0 Å². The molecule has 0 rings (SSSR count). The molecule has 0 unspecified atom stereocenters. The maximum atomic E-state index is 12.9. The van der Waals surface area contributed by atoms with Gasteiger partial charge in [0.15, 0.2) is 0 Å². The standard InChI is InChI=1S/C6H6F9NO3S/c1-2-19-16-20(17,18)6(14,15)4(9,10)3(7,8)5(11,12)13/h16H,2H2,1H3. The zero-order chi connectivity index (χ0) is 16.6. The van der Waals surface area contributed by atoms with Gasteiger partial charge in [0.25, 0.3) is 0 Å². The Bertz CT molecular complexity index is 443. The molecule has 0 bridgehead atoms. The normalized spacial score (nSPS) is 15.5. The molecule has 14 heteroatoms. The van der Waals surface area contributed by atoms with E-state index >= 15 is 0 Å². The molecule has 0 heterocycles. The Labute approximate surface area is 105 Å². The number of rotatable bonds is 6. The maximum Gasteiger partial charge on any atom is 0.460 e. The fraction of sp³-hybridized carbons (Fsp3) is 1.00. The highest BCUT2D eigenvalue weighted by Gasteiger charge is 2.85. The fourth-order valence-corrected chi connectivity index (χ4v) is 1.56. The first kappa shape index (κ1) is 19.2. The maximum absolute atomic E-state index is 12.9. The first-order chi connectivity index (χ1) is 8.56. The van der Waals surface area contributed by atoms with E-state index in [4.69, 9.17) is 0 Å². The topological polar surface area (TPSA) is 55.4 Å². The minimum Gasteiger partial charge on any atom is -0.287 e. The van der Waals surface area contributed by atoms with Gasteiger partial charge in [0, 0.05) is 0 Å². The molecule has 122 valence electrons. The van der Waals surface area contributed by atoms with E-state index in [1.165, 1.54) is 0 Å². The zero-order valence-corrected chi connectivity index (χ0v) is 10.1. The molecule has 4 nitrogen and oxygen atoms in total. The van der Waals surface area contributed by atoms with Crippen molar-refractivity contribution in [2.24, 2.45) is 0 Å². The molecule has 0 spiro atoms. The zero-order valence-electron chi connectivity index (χ0n) is 9.24. The lowest BCUT2D eigenvalue weighted by Crippen LogP contribution is -2.64. The van der Waals surface area contributed by atoms with Crippen LogP contribution in [-0.2, 0) is 14.9 Å². The van der Waals surface area contributed by atoms with Crippen LogP contribution in [0.2, 0.25) is 0 Å². The number of halogens is 9. The highest BCUT2D eigenvalue weighted by atomic mass is 32.2. The van der Waals surface area contributed by atoms with E-state index in [2.05, 4.69) is 4.84 Å². The van der Waals surface area contributed by atoms with Crippen molar-refractivity contribution in [1.82, 2.24) is 4.89 Å². The first-order valence-corrected chi connectivity index (χ1v) is 5.88. The average Bonchev–Trinajstić information content (AvgIpc) is 2.24. The van der Waals surface area contributed by atoms with Gasteiger partial charge in [-0.2, -0.15) is 39.5 Å². The summed E-state index contributed by atoms with van der Waals surface area (Å²) < 4.78 is 132. The molecule has 0 fully saturated rings. The summed E-state index contributed by atoms with van der Waals surface area (Å²) in [5.74, 6) is -14.5. The van der Waals surface area contributed by atoms with Crippen LogP contribution in [0.3, 0.4) is 0 Å². The largest absolute Gasteiger partial charge is 0.460 e. The molecular formula is C6H6F9NO3S. The van der Waals surface area contributed by atoms with Gasteiger partial charge in [0.05, 0.1) is 6.61 Å². The molecule has 0 atom stereocenters. The lowest BCUT2D eigenvalue weighted by molar-refractivity contribution is -0.382. The Morgan fingerprint density at radius 1 is 0.900 bits per heavy atom. The predicted octanol–water partition coefficient (Wildman–Crippen LogP) is 2.28. The van der Waals surface area contributed by atoms with Gasteiger partial charge < -0.3 is 0 Å². The van der Waals surface area contributed by atoms with Gasteiger partial charge in [0.2, 0.25) is 0 Å². The Morgan fingerprint density at radius 2 is 1.30 bits per heavy atom. The predicted molar refractivity (Wildman–Crippen MR) is 44.6 cm³/mol. The Hall–Kier alpha value is -0.760. The molecule has 0 saturated heterocycles. The van der Waals surface area contributed by atoms with Crippen molar-refractivity contribution < 1.29 is 52.8 Å². The third-order valence-electron chi connectivity index (χ3n) is 1.77. The van der Waals surface area contributed by atoms with Gasteiger partial charge in [-0.25, -0.2) is 8.42 Å². The summed E-state index contributed by atoms with van der Waals surface area (Å²) in [4.78, 5) is 3.92. The van der Waals surface area contributed by atoms with E-state index in [-0.39, 0.29) is 0 Å². The summed E-state index contributed by atoms with van der Waals surface area (Å²) in [6.45, 7) is 0.305. The summed E-state index contributed by atoms with van der Waals surface area (Å²) >= 11 is 0. The van der Waals surface area contributed by atoms with Crippen molar-refractivity contribution in [2.75, 3.05) is 6.61 Å². The second kappa shape index (κ2) is 5.22. The highest BCUT2D eigenvalue weighted by Crippen LogP contribution is 2.54. The van der Waals surface area contributed by atoms with E-state index in [1.807, 2.05) is 0 Å². The molecule has 20 heavy (non-hydrogen) atoms. The van der Waals surface area contributed by atoms with Crippen molar-refractivity contribution in [1.29, 1.82) is 0 Å². The summed E-state index contributed by atoms with van der Waals surface area (Å²) in [6, 6.07) is 0. The Morgan fingerprint density at radius 3 is 1.60 bits per heavy atom. The molecule has 0 aliphatic carbocycles. The van der Waals surface area contributed by atoms with E-state index in [1.54, 1.807) is 0 Å². The number of hydrogen-bond acceptors (Lipinski definition) is 3. The van der Waals surface area contributed by atoms with Crippen LogP contribution in [-0.4, -0.2) is 38.3 Å². The lowest BCUT2D eigenvalue weighted by atomic mass is 10.1. The summed E-state index contributed by atoms with van der Waals surface area (Å²) in [7, 11) is -6.66. The monoisotopic (exact) mass is 343 g/mol. The number of nitrogens with one attached hydrogen (secondary N) is 1. The third kappa shape index (κ3) is 2.81. The average molecular weight is 343 g/mol. The third-order valence-corrected chi connectivity index (χ3v) is 3.04. The van der Waals surface area contributed by atoms with Crippen LogP contribution < -0.4 is 4.89 Å². The smallest absolute Gasteiger partial charge is 0.287 e. The minimum absolute atomic E-state index is 0.320. The molecule has 0 radical (unpaired) electrons. The lowest BCUT2D eigenvalue weighted by Gasteiger charge is -2.32.